The van der Waals surface area contributed by atoms with Gasteiger partial charge in [-0.3, -0.25) is 4.79 Å². The van der Waals surface area contributed by atoms with E-state index in [4.69, 9.17) is 14.6 Å². The molecule has 2 N–H and O–H groups in total. The number of fused-ring (bicyclic) bond motifs is 1. The van der Waals surface area contributed by atoms with Gasteiger partial charge in [0.25, 0.3) is 5.91 Å². The predicted octanol–water partition coefficient (Wildman–Crippen LogP) is 2.17. The number of aromatic nitrogens is 3. The maximum Gasteiger partial charge on any atom is 0.335 e. The van der Waals surface area contributed by atoms with Crippen LogP contribution in [0, 0.1) is 0 Å². The highest BCUT2D eigenvalue weighted by Gasteiger charge is 2.32. The van der Waals surface area contributed by atoms with E-state index in [0.717, 1.165) is 16.9 Å². The topological polar surface area (TPSA) is 121 Å². The number of imidazole rings is 1. The van der Waals surface area contributed by atoms with Crippen LogP contribution in [-0.2, 0) is 4.79 Å². The van der Waals surface area contributed by atoms with Gasteiger partial charge in [-0.2, -0.15) is 0 Å². The number of pyridine rings is 1. The fourth-order valence-electron chi connectivity index (χ4n) is 3.93. The Kier molecular flexibility index (Phi) is 5.85. The van der Waals surface area contributed by atoms with Crippen molar-refractivity contribution in [3.63, 3.8) is 0 Å². The number of H-pyrrole nitrogens is 1. The number of carboxylic acids is 1. The van der Waals surface area contributed by atoms with Crippen LogP contribution in [0.15, 0.2) is 36.8 Å². The van der Waals surface area contributed by atoms with E-state index in [1.54, 1.807) is 24.3 Å². The lowest BCUT2D eigenvalue weighted by Crippen LogP contribution is -2.56. The molecular weight excluding hydrogens is 414 g/mol. The molecule has 4 rings (SSSR count). The number of benzene rings is 1. The molecule has 168 valence electrons. The molecule has 0 aliphatic carbocycles. The fourth-order valence-corrected chi connectivity index (χ4v) is 3.93. The maximum atomic E-state index is 13.1. The number of hydrogen-bond acceptors (Lipinski definition) is 7. The van der Waals surface area contributed by atoms with Crippen LogP contribution in [0.4, 0.5) is 5.82 Å². The number of amides is 1. The summed E-state index contributed by atoms with van der Waals surface area (Å²) in [6.45, 7) is 5.43. The highest BCUT2D eigenvalue weighted by atomic mass is 16.5. The lowest BCUT2D eigenvalue weighted by molar-refractivity contribution is -0.140. The van der Waals surface area contributed by atoms with Crippen molar-refractivity contribution in [1.29, 1.82) is 0 Å². The second-order valence-electron chi connectivity index (χ2n) is 7.69. The van der Waals surface area contributed by atoms with Crippen LogP contribution in [0.5, 0.6) is 11.5 Å². The molecule has 1 amide bonds. The van der Waals surface area contributed by atoms with Gasteiger partial charge < -0.3 is 29.4 Å². The molecule has 10 heteroatoms. The molecule has 1 aliphatic heterocycles. The normalized spacial score (nSPS) is 17.3. The first kappa shape index (κ1) is 21.4. The number of hydrogen-bond donors (Lipinski definition) is 2. The number of nitrogens with one attached hydrogen (secondary N) is 1. The number of rotatable bonds is 6. The standard InChI is InChI=1S/C22H25N5O5/c1-13-11-26(20-19-16(6-7-23-20)24-12-25-19)8-9-27(13)21(28)14(2)32-17-5-4-15(22(29)30)10-18(17)31-3/h4-7,10,12-14H,8-9,11H2,1-3H3,(H,24,25)(H,29,30)/t13?,14-/m0/s1. The molecule has 0 bridgehead atoms. The maximum absolute atomic E-state index is 13.1. The van der Waals surface area contributed by atoms with Crippen LogP contribution in [0.3, 0.4) is 0 Å². The van der Waals surface area contributed by atoms with E-state index in [9.17, 15) is 9.59 Å². The van der Waals surface area contributed by atoms with Crippen molar-refractivity contribution < 1.29 is 24.2 Å². The number of nitrogens with zero attached hydrogens (tertiary/aromatic N) is 4. The van der Waals surface area contributed by atoms with E-state index in [2.05, 4.69) is 19.9 Å². The van der Waals surface area contributed by atoms with Crippen LogP contribution in [-0.4, -0.2) is 75.7 Å². The number of carbonyl (C=O) groups is 2. The molecule has 0 spiro atoms. The highest BCUT2D eigenvalue weighted by Crippen LogP contribution is 2.30. The Hall–Kier alpha value is -3.82. The summed E-state index contributed by atoms with van der Waals surface area (Å²) >= 11 is 0. The summed E-state index contributed by atoms with van der Waals surface area (Å²) in [4.78, 5) is 40.2. The van der Waals surface area contributed by atoms with Gasteiger partial charge in [-0.1, -0.05) is 0 Å². The quantitative estimate of drug-likeness (QED) is 0.599. The van der Waals surface area contributed by atoms with E-state index < -0.39 is 12.1 Å². The number of carbonyl (C=O) groups excluding carboxylic acids is 1. The van der Waals surface area contributed by atoms with Gasteiger partial charge >= 0.3 is 5.97 Å². The van der Waals surface area contributed by atoms with Crippen molar-refractivity contribution in [1.82, 2.24) is 19.9 Å². The van der Waals surface area contributed by atoms with Crippen molar-refractivity contribution in [2.45, 2.75) is 26.0 Å². The Morgan fingerprint density at radius 2 is 2.03 bits per heavy atom. The number of ether oxygens (including phenoxy) is 2. The summed E-state index contributed by atoms with van der Waals surface area (Å²) in [5.74, 6) is 0.174. The molecular formula is C22H25N5O5. The van der Waals surface area contributed by atoms with Gasteiger partial charge in [-0.05, 0) is 38.1 Å². The Balaban J connectivity index is 1.44. The lowest BCUT2D eigenvalue weighted by Gasteiger charge is -2.41. The zero-order chi connectivity index (χ0) is 22.8. The first-order valence-electron chi connectivity index (χ1n) is 10.3. The minimum Gasteiger partial charge on any atom is -0.493 e. The summed E-state index contributed by atoms with van der Waals surface area (Å²) in [5, 5.41) is 9.14. The lowest BCUT2D eigenvalue weighted by atomic mass is 10.1. The monoisotopic (exact) mass is 439 g/mol. The third-order valence-corrected chi connectivity index (χ3v) is 5.59. The van der Waals surface area contributed by atoms with Gasteiger partial charge in [0, 0.05) is 31.9 Å². The Labute approximate surface area is 184 Å². The molecule has 32 heavy (non-hydrogen) atoms. The molecule has 3 heterocycles. The van der Waals surface area contributed by atoms with E-state index in [1.807, 2.05) is 13.0 Å². The number of aromatic amines is 1. The zero-order valence-electron chi connectivity index (χ0n) is 18.1. The average Bonchev–Trinajstić information content (AvgIpc) is 3.27. The minimum atomic E-state index is -1.06. The smallest absolute Gasteiger partial charge is 0.335 e. The van der Waals surface area contributed by atoms with Crippen LogP contribution in [0.1, 0.15) is 24.2 Å². The largest absolute Gasteiger partial charge is 0.493 e. The second kappa shape index (κ2) is 8.74. The summed E-state index contributed by atoms with van der Waals surface area (Å²) in [5.41, 5.74) is 1.82. The number of piperazine rings is 1. The van der Waals surface area contributed by atoms with Crippen molar-refractivity contribution in [2.75, 3.05) is 31.6 Å². The van der Waals surface area contributed by atoms with Crippen LogP contribution in [0.25, 0.3) is 11.0 Å². The SMILES string of the molecule is COc1cc(C(=O)O)ccc1O[C@@H](C)C(=O)N1CCN(c2nccc3[nH]cnc23)CC1C. The van der Waals surface area contributed by atoms with Crippen LogP contribution >= 0.6 is 0 Å². The van der Waals surface area contributed by atoms with E-state index in [1.165, 1.54) is 25.3 Å². The van der Waals surface area contributed by atoms with Crippen molar-refractivity contribution >= 4 is 28.7 Å². The van der Waals surface area contributed by atoms with Gasteiger partial charge in [0.05, 0.1) is 24.5 Å². The summed E-state index contributed by atoms with van der Waals surface area (Å²) < 4.78 is 11.1. The molecule has 3 aromatic rings. The van der Waals surface area contributed by atoms with Crippen molar-refractivity contribution in [3.8, 4) is 11.5 Å². The third-order valence-electron chi connectivity index (χ3n) is 5.59. The summed E-state index contributed by atoms with van der Waals surface area (Å²) in [7, 11) is 1.43. The Bertz CT molecular complexity index is 1150. The van der Waals surface area contributed by atoms with Gasteiger partial charge in [-0.15, -0.1) is 0 Å². The number of anilines is 1. The molecule has 2 atom stereocenters. The molecule has 1 saturated heterocycles. The molecule has 10 nitrogen and oxygen atoms in total. The van der Waals surface area contributed by atoms with Crippen LogP contribution < -0.4 is 14.4 Å². The zero-order valence-corrected chi connectivity index (χ0v) is 18.1. The van der Waals surface area contributed by atoms with Gasteiger partial charge in [0.1, 0.15) is 5.52 Å². The number of methoxy groups -OCH3 is 1. The van der Waals surface area contributed by atoms with E-state index >= 15 is 0 Å². The van der Waals surface area contributed by atoms with Gasteiger partial charge in [0.15, 0.2) is 23.4 Å². The van der Waals surface area contributed by atoms with E-state index in [-0.39, 0.29) is 23.3 Å². The number of carboxylic acid groups (broad SMARTS) is 1. The molecule has 0 saturated carbocycles. The highest BCUT2D eigenvalue weighted by molar-refractivity contribution is 5.89. The molecule has 2 aromatic heterocycles. The van der Waals surface area contributed by atoms with E-state index in [0.29, 0.717) is 25.4 Å². The van der Waals surface area contributed by atoms with Crippen molar-refractivity contribution in [3.05, 3.63) is 42.4 Å². The first-order valence-corrected chi connectivity index (χ1v) is 10.3. The Morgan fingerprint density at radius 3 is 2.75 bits per heavy atom. The van der Waals surface area contributed by atoms with Gasteiger partial charge in [0.2, 0.25) is 0 Å². The summed E-state index contributed by atoms with van der Waals surface area (Å²) in [6.07, 6.45) is 2.63. The predicted molar refractivity (Wildman–Crippen MR) is 117 cm³/mol. The average molecular weight is 439 g/mol. The van der Waals surface area contributed by atoms with Crippen LogP contribution in [0.2, 0.25) is 0 Å². The molecule has 1 unspecified atom stereocenters. The fraction of sp³-hybridized carbons (Fsp3) is 0.364. The van der Waals surface area contributed by atoms with Gasteiger partial charge in [-0.25, -0.2) is 14.8 Å². The number of aromatic carboxylic acids is 1. The minimum absolute atomic E-state index is 0.0606. The third kappa shape index (κ3) is 4.03. The molecule has 1 aromatic carbocycles. The van der Waals surface area contributed by atoms with Crippen molar-refractivity contribution in [2.24, 2.45) is 0 Å². The second-order valence-corrected chi connectivity index (χ2v) is 7.69. The Morgan fingerprint density at radius 1 is 1.22 bits per heavy atom. The molecule has 1 aliphatic rings. The molecule has 1 fully saturated rings. The molecule has 0 radical (unpaired) electrons. The first-order chi connectivity index (χ1) is 15.4. The summed E-state index contributed by atoms with van der Waals surface area (Å²) in [6, 6.07) is 6.12.